The zero-order chi connectivity index (χ0) is 25.7. The summed E-state index contributed by atoms with van der Waals surface area (Å²) in [5, 5.41) is 11.6. The molecule has 3 aromatic heterocycles. The van der Waals surface area contributed by atoms with Crippen LogP contribution in [0.2, 0.25) is 0 Å². The van der Waals surface area contributed by atoms with Crippen LogP contribution in [0.3, 0.4) is 0 Å². The molecule has 0 spiro atoms. The van der Waals surface area contributed by atoms with E-state index >= 15 is 0 Å². The Morgan fingerprint density at radius 1 is 1.17 bits per heavy atom. The number of hydrogen-bond donors (Lipinski definition) is 2. The molecule has 2 atom stereocenters. The molecule has 0 bridgehead atoms. The first-order chi connectivity index (χ1) is 17.3. The van der Waals surface area contributed by atoms with Crippen LogP contribution >= 0.6 is 0 Å². The van der Waals surface area contributed by atoms with E-state index in [1.165, 1.54) is 24.8 Å². The number of nitrogens with one attached hydrogen (secondary N) is 1. The molecule has 2 amide bonds. The molecule has 2 N–H and O–H groups in total. The number of piperidine rings is 1. The van der Waals surface area contributed by atoms with Crippen molar-refractivity contribution in [3.8, 4) is 28.8 Å². The van der Waals surface area contributed by atoms with E-state index in [4.69, 9.17) is 14.6 Å². The van der Waals surface area contributed by atoms with Crippen molar-refractivity contribution >= 4 is 12.0 Å². The number of hydrogen-bond acceptors (Lipinski definition) is 8. The van der Waals surface area contributed by atoms with E-state index in [0.717, 1.165) is 17.2 Å². The van der Waals surface area contributed by atoms with Gasteiger partial charge in [-0.1, -0.05) is 0 Å². The van der Waals surface area contributed by atoms with Gasteiger partial charge >= 0.3 is 6.09 Å². The molecular weight excluding hydrogens is 478 g/mol. The van der Waals surface area contributed by atoms with Gasteiger partial charge in [0.05, 0.1) is 30.6 Å². The average molecular weight is 500 g/mol. The summed E-state index contributed by atoms with van der Waals surface area (Å²) in [4.78, 5) is 41.1. The van der Waals surface area contributed by atoms with Crippen LogP contribution in [0.25, 0.3) is 11.4 Å². The van der Waals surface area contributed by atoms with Gasteiger partial charge in [-0.15, -0.1) is 0 Å². The lowest BCUT2D eigenvalue weighted by atomic mass is 10.0. The Hall–Kier alpha value is -4.42. The summed E-state index contributed by atoms with van der Waals surface area (Å²) >= 11 is 0. The van der Waals surface area contributed by atoms with Crippen molar-refractivity contribution in [2.75, 3.05) is 19.7 Å². The van der Waals surface area contributed by atoms with Gasteiger partial charge in [-0.25, -0.2) is 28.5 Å². The monoisotopic (exact) mass is 500 g/mol. The van der Waals surface area contributed by atoms with E-state index < -0.39 is 30.0 Å². The minimum atomic E-state index is -1.36. The highest BCUT2D eigenvalue weighted by atomic mass is 19.1. The molecule has 0 unspecified atom stereocenters. The zero-order valence-electron chi connectivity index (χ0n) is 19.1. The summed E-state index contributed by atoms with van der Waals surface area (Å²) in [6, 6.07) is 1.77. The number of nitrogens with zero attached hydrogens (tertiary/aromatic N) is 5. The first-order valence-corrected chi connectivity index (χ1v) is 11.0. The number of carbonyl (C=O) groups excluding carboxylic acids is 1. The standard InChI is InChI=1S/C23H22F2N6O5/c1-2-35-19-6-15(24)10-29-22(19)36-16-5-13(7-26-11-16)20-27-8-14(9-28-20)21(32)30-18-12-31(23(33)34)4-3-17(18)25/h5-11,17-18H,2-4,12H2,1H3,(H,30,32)(H,33,34)/t17-,18-/m1/s1. The molecule has 0 radical (unpaired) electrons. The molecule has 4 rings (SSSR count). The number of alkyl halides is 1. The maximum absolute atomic E-state index is 14.2. The highest BCUT2D eigenvalue weighted by molar-refractivity contribution is 5.94. The van der Waals surface area contributed by atoms with Crippen LogP contribution in [0, 0.1) is 5.82 Å². The highest BCUT2D eigenvalue weighted by Gasteiger charge is 2.32. The van der Waals surface area contributed by atoms with Crippen LogP contribution in [0.1, 0.15) is 23.7 Å². The number of likely N-dealkylation sites (tertiary alicyclic amines) is 1. The third-order valence-electron chi connectivity index (χ3n) is 5.30. The van der Waals surface area contributed by atoms with E-state index in [0.29, 0.717) is 5.56 Å². The quantitative estimate of drug-likeness (QED) is 0.501. The van der Waals surface area contributed by atoms with Crippen LogP contribution in [0.5, 0.6) is 17.4 Å². The minimum Gasteiger partial charge on any atom is -0.488 e. The first kappa shape index (κ1) is 24.7. The number of amides is 2. The lowest BCUT2D eigenvalue weighted by Gasteiger charge is -2.33. The molecule has 1 aliphatic rings. The molecule has 36 heavy (non-hydrogen) atoms. The fraction of sp³-hybridized carbons (Fsp3) is 0.304. The predicted octanol–water partition coefficient (Wildman–Crippen LogP) is 3.08. The second kappa shape index (κ2) is 10.9. The second-order valence-electron chi connectivity index (χ2n) is 7.81. The molecule has 13 heteroatoms. The number of ether oxygens (including phenoxy) is 2. The average Bonchev–Trinajstić information content (AvgIpc) is 2.87. The summed E-state index contributed by atoms with van der Waals surface area (Å²) < 4.78 is 38.7. The molecule has 1 aliphatic heterocycles. The first-order valence-electron chi connectivity index (χ1n) is 11.0. The molecule has 0 aliphatic carbocycles. The van der Waals surface area contributed by atoms with Gasteiger partial charge in [0.25, 0.3) is 11.8 Å². The Kier molecular flexibility index (Phi) is 7.47. The number of rotatable bonds is 7. The van der Waals surface area contributed by atoms with Crippen LogP contribution in [0.15, 0.2) is 43.1 Å². The second-order valence-corrected chi connectivity index (χ2v) is 7.81. The molecule has 0 saturated carbocycles. The largest absolute Gasteiger partial charge is 0.488 e. The number of halogens is 2. The third kappa shape index (κ3) is 5.79. The summed E-state index contributed by atoms with van der Waals surface area (Å²) in [6.45, 7) is 1.96. The van der Waals surface area contributed by atoms with E-state index in [-0.39, 0.29) is 54.9 Å². The normalized spacial score (nSPS) is 17.4. The molecule has 4 heterocycles. The Morgan fingerprint density at radius 3 is 2.67 bits per heavy atom. The number of carboxylic acid groups (broad SMARTS) is 1. The third-order valence-corrected chi connectivity index (χ3v) is 5.30. The maximum atomic E-state index is 14.2. The van der Waals surface area contributed by atoms with Gasteiger partial charge in [-0.05, 0) is 19.4 Å². The Labute approximate surface area is 204 Å². The van der Waals surface area contributed by atoms with E-state index in [9.17, 15) is 18.4 Å². The molecular formula is C23H22F2N6O5. The van der Waals surface area contributed by atoms with Crippen LogP contribution in [-0.2, 0) is 0 Å². The van der Waals surface area contributed by atoms with Gasteiger partial charge < -0.3 is 24.8 Å². The summed E-state index contributed by atoms with van der Waals surface area (Å²) in [6.07, 6.45) is 3.91. The number of pyridine rings is 2. The maximum Gasteiger partial charge on any atom is 0.407 e. The summed E-state index contributed by atoms with van der Waals surface area (Å²) in [5.74, 6) is -0.496. The molecule has 188 valence electrons. The van der Waals surface area contributed by atoms with Gasteiger partial charge in [0.15, 0.2) is 11.6 Å². The topological polar surface area (TPSA) is 140 Å². The fourth-order valence-electron chi connectivity index (χ4n) is 3.53. The van der Waals surface area contributed by atoms with Crippen molar-refractivity contribution in [2.45, 2.75) is 25.6 Å². The van der Waals surface area contributed by atoms with Gasteiger partial charge in [0, 0.05) is 43.3 Å². The van der Waals surface area contributed by atoms with Crippen molar-refractivity contribution in [1.82, 2.24) is 30.2 Å². The Balaban J connectivity index is 1.45. The van der Waals surface area contributed by atoms with Gasteiger partial charge in [0.1, 0.15) is 17.7 Å². The van der Waals surface area contributed by atoms with Gasteiger partial charge in [-0.2, -0.15) is 0 Å². The molecule has 0 aromatic carbocycles. The van der Waals surface area contributed by atoms with Gasteiger partial charge in [0.2, 0.25) is 0 Å². The van der Waals surface area contributed by atoms with E-state index in [1.54, 1.807) is 13.0 Å². The zero-order valence-corrected chi connectivity index (χ0v) is 19.1. The lowest BCUT2D eigenvalue weighted by molar-refractivity contribution is 0.0752. The summed E-state index contributed by atoms with van der Waals surface area (Å²) in [7, 11) is 0. The van der Waals surface area contributed by atoms with Crippen molar-refractivity contribution < 1.29 is 33.0 Å². The Morgan fingerprint density at radius 2 is 1.94 bits per heavy atom. The molecule has 3 aromatic rings. The van der Waals surface area contributed by atoms with Crippen molar-refractivity contribution in [3.05, 3.63) is 54.5 Å². The van der Waals surface area contributed by atoms with E-state index in [1.807, 2.05) is 0 Å². The molecule has 11 nitrogen and oxygen atoms in total. The van der Waals surface area contributed by atoms with E-state index in [2.05, 4.69) is 25.3 Å². The Bertz CT molecular complexity index is 1250. The minimum absolute atomic E-state index is 0.00238. The lowest BCUT2D eigenvalue weighted by Crippen LogP contribution is -2.54. The predicted molar refractivity (Wildman–Crippen MR) is 121 cm³/mol. The van der Waals surface area contributed by atoms with Crippen molar-refractivity contribution in [3.63, 3.8) is 0 Å². The van der Waals surface area contributed by atoms with Crippen molar-refractivity contribution in [1.29, 1.82) is 0 Å². The van der Waals surface area contributed by atoms with Crippen LogP contribution in [-0.4, -0.2) is 73.9 Å². The summed E-state index contributed by atoms with van der Waals surface area (Å²) in [5.41, 5.74) is 0.545. The number of carbonyl (C=O) groups is 2. The van der Waals surface area contributed by atoms with Crippen LogP contribution in [0.4, 0.5) is 13.6 Å². The molecule has 1 fully saturated rings. The fourth-order valence-corrected chi connectivity index (χ4v) is 3.53. The number of aromatic nitrogens is 4. The van der Waals surface area contributed by atoms with Crippen molar-refractivity contribution in [2.24, 2.45) is 0 Å². The smallest absolute Gasteiger partial charge is 0.407 e. The molecule has 1 saturated heterocycles. The van der Waals surface area contributed by atoms with Gasteiger partial charge in [-0.3, -0.25) is 9.78 Å². The van der Waals surface area contributed by atoms with Crippen LogP contribution < -0.4 is 14.8 Å². The SMILES string of the molecule is CCOc1cc(F)cnc1Oc1cncc(-c2ncc(C(=O)N[C@@H]3CN(C(=O)O)CC[C@H]3F)cn2)c1. The highest BCUT2D eigenvalue weighted by Crippen LogP contribution is 2.31.